The Kier molecular flexibility index (Phi) is 4.52. The minimum Gasteiger partial charge on any atom is -0.282 e. The third-order valence-electron chi connectivity index (χ3n) is 3.49. The average molecular weight is 330 g/mol. The van der Waals surface area contributed by atoms with Crippen LogP contribution in [0.1, 0.15) is 10.4 Å². The number of aryl methyl sites for hydroxylation is 1. The molecule has 3 aromatic rings. The van der Waals surface area contributed by atoms with Crippen molar-refractivity contribution in [3.8, 4) is 11.4 Å². The molecule has 0 radical (unpaired) electrons. The Morgan fingerprint density at radius 1 is 1.27 bits per heavy atom. The highest BCUT2D eigenvalue weighted by molar-refractivity contribution is 7.71. The Labute approximate surface area is 139 Å². The summed E-state index contributed by atoms with van der Waals surface area (Å²) in [5.41, 5.74) is 2.39. The van der Waals surface area contributed by atoms with Crippen molar-refractivity contribution in [1.29, 1.82) is 0 Å². The zero-order valence-electron chi connectivity index (χ0n) is 12.6. The van der Waals surface area contributed by atoms with Crippen LogP contribution >= 0.6 is 23.6 Å². The van der Waals surface area contributed by atoms with Crippen molar-refractivity contribution in [2.45, 2.75) is 20.1 Å². The zero-order chi connectivity index (χ0) is 15.5. The van der Waals surface area contributed by atoms with E-state index in [0.29, 0.717) is 11.4 Å². The fraction of sp³-hybridized carbons (Fsp3) is 0.250. The lowest BCUT2D eigenvalue weighted by Crippen LogP contribution is -2.22. The molecule has 0 aliphatic carbocycles. The van der Waals surface area contributed by atoms with Gasteiger partial charge in [-0.15, -0.1) is 11.3 Å². The lowest BCUT2D eigenvalue weighted by Gasteiger charge is -2.16. The SMILES string of the molecule is Cc1ccsc1CN(C)Cn1[nH]c(-c2ccccc2)nc1=S. The molecule has 2 aromatic heterocycles. The normalized spacial score (nSPS) is 11.2. The van der Waals surface area contributed by atoms with E-state index in [1.807, 2.05) is 35.0 Å². The van der Waals surface area contributed by atoms with E-state index in [-0.39, 0.29) is 0 Å². The Morgan fingerprint density at radius 2 is 2.05 bits per heavy atom. The third-order valence-corrected chi connectivity index (χ3v) is 4.81. The van der Waals surface area contributed by atoms with Crippen LogP contribution in [0.4, 0.5) is 0 Å². The topological polar surface area (TPSA) is 36.9 Å². The summed E-state index contributed by atoms with van der Waals surface area (Å²) in [4.78, 5) is 8.06. The fourth-order valence-electron chi connectivity index (χ4n) is 2.28. The maximum atomic E-state index is 5.36. The maximum absolute atomic E-state index is 5.36. The molecule has 0 bridgehead atoms. The molecule has 0 aliphatic heterocycles. The van der Waals surface area contributed by atoms with E-state index < -0.39 is 0 Å². The van der Waals surface area contributed by atoms with Gasteiger partial charge in [0, 0.05) is 17.0 Å². The predicted molar refractivity (Wildman–Crippen MR) is 93.4 cm³/mol. The highest BCUT2D eigenvalue weighted by atomic mass is 32.1. The van der Waals surface area contributed by atoms with E-state index in [2.05, 4.69) is 40.4 Å². The van der Waals surface area contributed by atoms with Crippen LogP contribution in [0, 0.1) is 11.7 Å². The number of benzene rings is 1. The van der Waals surface area contributed by atoms with Gasteiger partial charge in [0.15, 0.2) is 5.82 Å². The number of rotatable bonds is 5. The lowest BCUT2D eigenvalue weighted by molar-refractivity contribution is 0.246. The second-order valence-corrected chi connectivity index (χ2v) is 6.70. The first-order valence-corrected chi connectivity index (χ1v) is 8.36. The molecule has 0 unspecified atom stereocenters. The molecule has 3 rings (SSSR count). The standard InChI is InChI=1S/C16H18N4S2/c1-12-8-9-22-14(12)10-19(2)11-20-16(21)17-15(18-20)13-6-4-3-5-7-13/h3-9H,10-11H2,1-2H3,(H,17,18,21). The van der Waals surface area contributed by atoms with Gasteiger partial charge < -0.3 is 0 Å². The quantitative estimate of drug-likeness (QED) is 0.717. The Bertz CT molecular complexity index is 801. The first-order chi connectivity index (χ1) is 10.6. The summed E-state index contributed by atoms with van der Waals surface area (Å²) in [7, 11) is 2.09. The lowest BCUT2D eigenvalue weighted by atomic mass is 10.2. The monoisotopic (exact) mass is 330 g/mol. The highest BCUT2D eigenvalue weighted by Gasteiger charge is 2.08. The van der Waals surface area contributed by atoms with Gasteiger partial charge in [-0.05, 0) is 43.2 Å². The summed E-state index contributed by atoms with van der Waals surface area (Å²) in [6, 6.07) is 12.2. The van der Waals surface area contributed by atoms with Gasteiger partial charge in [-0.1, -0.05) is 30.3 Å². The number of hydrogen-bond acceptors (Lipinski definition) is 4. The minimum atomic E-state index is 0.577. The molecule has 114 valence electrons. The summed E-state index contributed by atoms with van der Waals surface area (Å²) >= 11 is 7.15. The van der Waals surface area contributed by atoms with Crippen LogP contribution in [-0.2, 0) is 13.2 Å². The number of H-pyrrole nitrogens is 1. The second-order valence-electron chi connectivity index (χ2n) is 5.33. The van der Waals surface area contributed by atoms with Gasteiger partial charge >= 0.3 is 0 Å². The number of aromatic nitrogens is 3. The number of thiophene rings is 1. The summed E-state index contributed by atoms with van der Waals surface area (Å²) in [6.45, 7) is 3.75. The van der Waals surface area contributed by atoms with Gasteiger partial charge in [0.1, 0.15) is 0 Å². The molecule has 1 N–H and O–H groups in total. The van der Waals surface area contributed by atoms with Crippen molar-refractivity contribution in [1.82, 2.24) is 19.7 Å². The molecular formula is C16H18N4S2. The number of hydrogen-bond donors (Lipinski definition) is 1. The summed E-state index contributed by atoms with van der Waals surface area (Å²) < 4.78 is 2.48. The summed E-state index contributed by atoms with van der Waals surface area (Å²) in [5, 5.41) is 5.42. The highest BCUT2D eigenvalue weighted by Crippen LogP contribution is 2.18. The van der Waals surface area contributed by atoms with Crippen molar-refractivity contribution >= 4 is 23.6 Å². The van der Waals surface area contributed by atoms with Crippen LogP contribution in [0.2, 0.25) is 0 Å². The maximum Gasteiger partial charge on any atom is 0.217 e. The molecule has 0 aliphatic rings. The molecule has 6 heteroatoms. The van der Waals surface area contributed by atoms with E-state index in [1.165, 1.54) is 10.4 Å². The van der Waals surface area contributed by atoms with Crippen LogP contribution in [0.3, 0.4) is 0 Å². The van der Waals surface area contributed by atoms with Crippen molar-refractivity contribution < 1.29 is 0 Å². The average Bonchev–Trinajstić information content (AvgIpc) is 3.07. The van der Waals surface area contributed by atoms with Gasteiger partial charge in [0.25, 0.3) is 0 Å². The van der Waals surface area contributed by atoms with Crippen LogP contribution in [0.25, 0.3) is 11.4 Å². The minimum absolute atomic E-state index is 0.577. The molecule has 1 aromatic carbocycles. The number of nitrogens with zero attached hydrogens (tertiary/aromatic N) is 3. The van der Waals surface area contributed by atoms with Crippen LogP contribution in [-0.4, -0.2) is 26.7 Å². The molecule has 0 saturated carbocycles. The van der Waals surface area contributed by atoms with Gasteiger partial charge in [-0.25, -0.2) is 4.68 Å². The molecule has 0 atom stereocenters. The smallest absolute Gasteiger partial charge is 0.217 e. The van der Waals surface area contributed by atoms with Gasteiger partial charge in [0.2, 0.25) is 4.77 Å². The van der Waals surface area contributed by atoms with E-state index >= 15 is 0 Å². The first kappa shape index (κ1) is 15.1. The Morgan fingerprint density at radius 3 is 2.73 bits per heavy atom. The molecular weight excluding hydrogens is 312 g/mol. The molecule has 0 spiro atoms. The molecule has 0 saturated heterocycles. The molecule has 4 nitrogen and oxygen atoms in total. The van der Waals surface area contributed by atoms with Crippen LogP contribution < -0.4 is 0 Å². The first-order valence-electron chi connectivity index (χ1n) is 7.07. The van der Waals surface area contributed by atoms with E-state index in [9.17, 15) is 0 Å². The third kappa shape index (κ3) is 3.35. The molecule has 0 fully saturated rings. The van der Waals surface area contributed by atoms with Gasteiger partial charge in [-0.3, -0.25) is 10.00 Å². The van der Waals surface area contributed by atoms with Crippen molar-refractivity contribution in [2.24, 2.45) is 0 Å². The Balaban J connectivity index is 1.74. The number of aromatic amines is 1. The molecule has 2 heterocycles. The van der Waals surface area contributed by atoms with E-state index in [4.69, 9.17) is 12.2 Å². The van der Waals surface area contributed by atoms with Crippen LogP contribution in [0.5, 0.6) is 0 Å². The largest absolute Gasteiger partial charge is 0.282 e. The van der Waals surface area contributed by atoms with E-state index in [1.54, 1.807) is 11.3 Å². The summed E-state index contributed by atoms with van der Waals surface area (Å²) in [5.74, 6) is 0.811. The van der Waals surface area contributed by atoms with Gasteiger partial charge in [0.05, 0.1) is 6.67 Å². The van der Waals surface area contributed by atoms with E-state index in [0.717, 1.165) is 17.9 Å². The Hall–Kier alpha value is -1.76. The summed E-state index contributed by atoms with van der Waals surface area (Å²) in [6.07, 6.45) is 0. The van der Waals surface area contributed by atoms with Crippen molar-refractivity contribution in [3.63, 3.8) is 0 Å². The number of nitrogens with one attached hydrogen (secondary N) is 1. The fourth-order valence-corrected chi connectivity index (χ4v) is 3.46. The second kappa shape index (κ2) is 6.56. The van der Waals surface area contributed by atoms with Crippen molar-refractivity contribution in [3.05, 3.63) is 57.0 Å². The predicted octanol–water partition coefficient (Wildman–Crippen LogP) is 4.07. The molecule has 0 amide bonds. The van der Waals surface area contributed by atoms with Gasteiger partial charge in [-0.2, -0.15) is 4.98 Å². The van der Waals surface area contributed by atoms with Crippen LogP contribution in [0.15, 0.2) is 41.8 Å². The van der Waals surface area contributed by atoms with Crippen molar-refractivity contribution in [2.75, 3.05) is 7.05 Å². The molecule has 22 heavy (non-hydrogen) atoms. The zero-order valence-corrected chi connectivity index (χ0v) is 14.2.